The average molecular weight is 424 g/mol. The molecule has 0 atom stereocenters. The molecule has 0 heterocycles. The summed E-state index contributed by atoms with van der Waals surface area (Å²) in [5.41, 5.74) is 3.81. The first-order valence-electron chi connectivity index (χ1n) is 9.76. The van der Waals surface area contributed by atoms with E-state index in [0.717, 1.165) is 11.1 Å². The summed E-state index contributed by atoms with van der Waals surface area (Å²) >= 11 is 0. The first-order chi connectivity index (χ1) is 14.6. The van der Waals surface area contributed by atoms with Crippen LogP contribution in [-0.2, 0) is 9.59 Å². The molecule has 0 aliphatic carbocycles. The van der Waals surface area contributed by atoms with Gasteiger partial charge in [0.1, 0.15) is 0 Å². The van der Waals surface area contributed by atoms with Gasteiger partial charge in [-0.3, -0.25) is 9.59 Å². The number of methoxy groups -OCH3 is 2. The third-order valence-electron chi connectivity index (χ3n) is 5.51. The Morgan fingerprint density at radius 2 is 1.06 bits per heavy atom. The highest BCUT2D eigenvalue weighted by Crippen LogP contribution is 2.32. The van der Waals surface area contributed by atoms with Gasteiger partial charge in [0.15, 0.2) is 34.6 Å². The molecule has 6 nitrogen and oxygen atoms in total. The summed E-state index contributed by atoms with van der Waals surface area (Å²) in [7, 11) is 2.91. The van der Waals surface area contributed by atoms with Crippen LogP contribution < -0.4 is 9.47 Å². The van der Waals surface area contributed by atoms with Gasteiger partial charge in [-0.1, -0.05) is 12.1 Å². The Morgan fingerprint density at radius 1 is 0.710 bits per heavy atom. The molecular formula is C25H28O6. The van der Waals surface area contributed by atoms with Crippen LogP contribution in [0.15, 0.2) is 47.5 Å². The van der Waals surface area contributed by atoms with E-state index in [4.69, 9.17) is 9.47 Å². The highest BCUT2D eigenvalue weighted by molar-refractivity contribution is 6.16. The Balaban J connectivity index is 2.26. The lowest BCUT2D eigenvalue weighted by Gasteiger charge is -2.12. The molecule has 0 radical (unpaired) electrons. The van der Waals surface area contributed by atoms with Gasteiger partial charge >= 0.3 is 0 Å². The molecule has 0 aliphatic heterocycles. The lowest BCUT2D eigenvalue weighted by molar-refractivity contribution is -0.122. The van der Waals surface area contributed by atoms with E-state index in [0.29, 0.717) is 33.8 Å². The molecule has 0 aromatic heterocycles. The minimum atomic E-state index is -0.273. The number of hydrogen-bond donors (Lipinski definition) is 2. The fraction of sp³-hybridized carbons (Fsp3) is 0.280. The summed E-state index contributed by atoms with van der Waals surface area (Å²) < 4.78 is 10.2. The van der Waals surface area contributed by atoms with E-state index < -0.39 is 0 Å². The maximum Gasteiger partial charge on any atom is 0.166 e. The SMILES string of the molecule is COc1cc(C(C)=C(C)C(=O)CC(=O)C(C)=C(C)c2ccc(O)c(OC)c2)ccc1O. The van der Waals surface area contributed by atoms with Crippen molar-refractivity contribution in [2.75, 3.05) is 14.2 Å². The van der Waals surface area contributed by atoms with Crippen LogP contribution in [0.2, 0.25) is 0 Å². The molecule has 164 valence electrons. The van der Waals surface area contributed by atoms with Crippen molar-refractivity contribution >= 4 is 22.7 Å². The molecule has 2 rings (SSSR count). The molecule has 0 aliphatic rings. The van der Waals surface area contributed by atoms with Crippen molar-refractivity contribution in [3.63, 3.8) is 0 Å². The first-order valence-corrected chi connectivity index (χ1v) is 9.76. The molecule has 2 aromatic carbocycles. The van der Waals surface area contributed by atoms with Crippen molar-refractivity contribution in [1.82, 2.24) is 0 Å². The zero-order chi connectivity index (χ0) is 23.3. The quantitative estimate of drug-likeness (QED) is 0.461. The van der Waals surface area contributed by atoms with Crippen LogP contribution in [0.25, 0.3) is 11.1 Å². The molecule has 0 saturated heterocycles. The van der Waals surface area contributed by atoms with Crippen LogP contribution in [0.4, 0.5) is 0 Å². The summed E-state index contributed by atoms with van der Waals surface area (Å²) in [4.78, 5) is 25.5. The van der Waals surface area contributed by atoms with Crippen molar-refractivity contribution in [2.45, 2.75) is 34.1 Å². The van der Waals surface area contributed by atoms with Crippen LogP contribution in [0.5, 0.6) is 23.0 Å². The van der Waals surface area contributed by atoms with Gasteiger partial charge < -0.3 is 19.7 Å². The normalized spacial score (nSPS) is 12.6. The Bertz CT molecular complexity index is 990. The number of carbonyl (C=O) groups excluding carboxylic acids is 2. The minimum Gasteiger partial charge on any atom is -0.504 e. The van der Waals surface area contributed by atoms with Crippen LogP contribution in [0.1, 0.15) is 45.2 Å². The van der Waals surface area contributed by atoms with E-state index in [1.165, 1.54) is 26.4 Å². The summed E-state index contributed by atoms with van der Waals surface area (Å²) in [6.07, 6.45) is -0.253. The van der Waals surface area contributed by atoms with E-state index >= 15 is 0 Å². The van der Waals surface area contributed by atoms with E-state index in [1.807, 2.05) is 0 Å². The van der Waals surface area contributed by atoms with Crippen LogP contribution in [0.3, 0.4) is 0 Å². The average Bonchev–Trinajstić information content (AvgIpc) is 2.77. The standard InChI is InChI=1S/C25H28O6/c1-14(18-7-9-20(26)24(11-18)30-5)16(3)22(28)13-23(29)17(4)15(2)19-8-10-21(27)25(12-19)31-6/h7-12,26-27H,13H2,1-6H3. The molecule has 2 aromatic rings. The van der Waals surface area contributed by atoms with E-state index in [2.05, 4.69) is 0 Å². The number of benzene rings is 2. The van der Waals surface area contributed by atoms with Crippen LogP contribution in [-0.4, -0.2) is 36.0 Å². The number of aromatic hydroxyl groups is 2. The lowest BCUT2D eigenvalue weighted by atomic mass is 9.93. The topological polar surface area (TPSA) is 93.1 Å². The van der Waals surface area contributed by atoms with Gasteiger partial charge in [0, 0.05) is 0 Å². The third-order valence-corrected chi connectivity index (χ3v) is 5.51. The minimum absolute atomic E-state index is 0.0142. The number of phenolic OH excluding ortho intramolecular Hbond substituents is 2. The monoisotopic (exact) mass is 424 g/mol. The predicted octanol–water partition coefficient (Wildman–Crippen LogP) is 4.93. The van der Waals surface area contributed by atoms with E-state index in [-0.39, 0.29) is 29.5 Å². The number of ketones is 2. The van der Waals surface area contributed by atoms with Crippen molar-refractivity contribution in [3.8, 4) is 23.0 Å². The molecule has 0 spiro atoms. The molecule has 2 N–H and O–H groups in total. The van der Waals surface area contributed by atoms with Crippen molar-refractivity contribution in [1.29, 1.82) is 0 Å². The molecule has 31 heavy (non-hydrogen) atoms. The lowest BCUT2D eigenvalue weighted by Crippen LogP contribution is -2.11. The number of allylic oxidation sites excluding steroid dienone is 4. The molecule has 0 fully saturated rings. The maximum atomic E-state index is 12.8. The summed E-state index contributed by atoms with van der Waals surface area (Å²) in [5.74, 6) is 0.106. The zero-order valence-electron chi connectivity index (χ0n) is 18.7. The van der Waals surface area contributed by atoms with Gasteiger partial charge in [0.25, 0.3) is 0 Å². The second-order valence-electron chi connectivity index (χ2n) is 7.30. The van der Waals surface area contributed by atoms with Gasteiger partial charge in [-0.2, -0.15) is 0 Å². The summed E-state index contributed by atoms with van der Waals surface area (Å²) in [5, 5.41) is 19.5. The molecule has 0 unspecified atom stereocenters. The van der Waals surface area contributed by atoms with Gasteiger partial charge in [0.05, 0.1) is 20.6 Å². The van der Waals surface area contributed by atoms with E-state index in [9.17, 15) is 19.8 Å². The number of rotatable bonds is 8. The molecular weight excluding hydrogens is 396 g/mol. The Hall–Kier alpha value is -3.54. The van der Waals surface area contributed by atoms with Crippen molar-refractivity contribution in [2.24, 2.45) is 0 Å². The maximum absolute atomic E-state index is 12.8. The second-order valence-corrected chi connectivity index (χ2v) is 7.30. The fourth-order valence-electron chi connectivity index (χ4n) is 3.08. The third kappa shape index (κ3) is 5.34. The smallest absolute Gasteiger partial charge is 0.166 e. The van der Waals surface area contributed by atoms with Crippen LogP contribution >= 0.6 is 0 Å². The number of hydrogen-bond acceptors (Lipinski definition) is 6. The number of carbonyl (C=O) groups is 2. The summed E-state index contributed by atoms with van der Waals surface area (Å²) in [6, 6.07) is 9.69. The highest BCUT2D eigenvalue weighted by atomic mass is 16.5. The summed E-state index contributed by atoms with van der Waals surface area (Å²) in [6.45, 7) is 6.95. The molecule has 0 amide bonds. The number of phenols is 2. The molecule has 0 bridgehead atoms. The second kappa shape index (κ2) is 9.98. The van der Waals surface area contributed by atoms with Gasteiger partial charge in [0.2, 0.25) is 0 Å². The Morgan fingerprint density at radius 3 is 1.39 bits per heavy atom. The van der Waals surface area contributed by atoms with Crippen molar-refractivity contribution in [3.05, 3.63) is 58.7 Å². The Labute approximate surface area is 182 Å². The predicted molar refractivity (Wildman–Crippen MR) is 120 cm³/mol. The van der Waals surface area contributed by atoms with Crippen LogP contribution in [0, 0.1) is 0 Å². The zero-order valence-corrected chi connectivity index (χ0v) is 18.7. The van der Waals surface area contributed by atoms with Gasteiger partial charge in [-0.05, 0) is 85.4 Å². The Kier molecular flexibility index (Phi) is 7.64. The number of ether oxygens (including phenoxy) is 2. The molecule has 6 heteroatoms. The fourth-order valence-corrected chi connectivity index (χ4v) is 3.08. The molecule has 0 saturated carbocycles. The van der Waals surface area contributed by atoms with Crippen molar-refractivity contribution < 1.29 is 29.3 Å². The largest absolute Gasteiger partial charge is 0.504 e. The first kappa shape index (κ1) is 23.7. The van der Waals surface area contributed by atoms with Gasteiger partial charge in [-0.15, -0.1) is 0 Å². The highest BCUT2D eigenvalue weighted by Gasteiger charge is 2.18. The van der Waals surface area contributed by atoms with Gasteiger partial charge in [-0.25, -0.2) is 0 Å². The number of Topliss-reactive ketones (excluding diaryl/α,β-unsaturated/α-hetero) is 2. The van der Waals surface area contributed by atoms with E-state index in [1.54, 1.807) is 52.0 Å².